The first-order chi connectivity index (χ1) is 8.84. The zero-order valence-corrected chi connectivity index (χ0v) is 8.23. The number of hydrogen-bond acceptors (Lipinski definition) is 0. The second kappa shape index (κ2) is 3.67. The van der Waals surface area contributed by atoms with Gasteiger partial charge in [0.25, 0.3) is 0 Å². The van der Waals surface area contributed by atoms with Gasteiger partial charge in [0.05, 0.1) is 6.85 Å². The molecule has 0 heteroatoms. The van der Waals surface area contributed by atoms with E-state index in [2.05, 4.69) is 0 Å². The molecule has 0 aliphatic rings. The number of aryl methyl sites for hydroxylation is 2. The SMILES string of the molecule is [2H]c1c([2H])c([2H])c(-c2cc(C)ccc2C)c([2H])c1[2H]. The molecule has 0 aliphatic heterocycles. The molecule has 2 aromatic rings. The van der Waals surface area contributed by atoms with Crippen molar-refractivity contribution < 1.29 is 6.85 Å². The van der Waals surface area contributed by atoms with Crippen LogP contribution in [0.5, 0.6) is 0 Å². The zero-order valence-electron chi connectivity index (χ0n) is 13.2. The molecule has 0 saturated carbocycles. The van der Waals surface area contributed by atoms with E-state index in [1.807, 2.05) is 32.0 Å². The summed E-state index contributed by atoms with van der Waals surface area (Å²) in [6.07, 6.45) is 0. The van der Waals surface area contributed by atoms with Crippen LogP contribution in [0.3, 0.4) is 0 Å². The Kier molecular flexibility index (Phi) is 1.25. The van der Waals surface area contributed by atoms with Crippen molar-refractivity contribution >= 4 is 0 Å². The van der Waals surface area contributed by atoms with E-state index >= 15 is 0 Å². The average Bonchev–Trinajstić information content (AvgIpc) is 2.38. The molecular weight excluding hydrogens is 168 g/mol. The highest BCUT2D eigenvalue weighted by molar-refractivity contribution is 5.67. The van der Waals surface area contributed by atoms with Gasteiger partial charge in [-0.2, -0.15) is 0 Å². The van der Waals surface area contributed by atoms with Crippen molar-refractivity contribution in [3.63, 3.8) is 0 Å². The first-order valence-electron chi connectivity index (χ1n) is 6.99. The Bertz CT molecular complexity index is 632. The molecule has 0 fully saturated rings. The highest BCUT2D eigenvalue weighted by Gasteiger charge is 2.00. The van der Waals surface area contributed by atoms with Crippen LogP contribution in [-0.2, 0) is 0 Å². The quantitative estimate of drug-likeness (QED) is 0.633. The zero-order chi connectivity index (χ0) is 14.3. The Morgan fingerprint density at radius 3 is 2.43 bits per heavy atom. The van der Waals surface area contributed by atoms with Crippen LogP contribution in [0.25, 0.3) is 11.1 Å². The van der Waals surface area contributed by atoms with Gasteiger partial charge in [-0.05, 0) is 30.5 Å². The maximum atomic E-state index is 7.97. The van der Waals surface area contributed by atoms with Crippen LogP contribution in [-0.4, -0.2) is 0 Å². The van der Waals surface area contributed by atoms with Crippen LogP contribution in [0.4, 0.5) is 0 Å². The molecule has 0 saturated heterocycles. The highest BCUT2D eigenvalue weighted by atomic mass is 14.0. The third kappa shape index (κ3) is 1.69. The Balaban J connectivity index is 2.87. The van der Waals surface area contributed by atoms with E-state index in [4.69, 9.17) is 6.85 Å². The first kappa shape index (κ1) is 4.79. The molecule has 2 rings (SSSR count). The fraction of sp³-hybridized carbons (Fsp3) is 0.143. The van der Waals surface area contributed by atoms with Crippen molar-refractivity contribution in [1.82, 2.24) is 0 Å². The lowest BCUT2D eigenvalue weighted by atomic mass is 9.99. The summed E-state index contributed by atoms with van der Waals surface area (Å²) in [6.45, 7) is 3.79. The summed E-state index contributed by atoms with van der Waals surface area (Å²) in [7, 11) is 0. The van der Waals surface area contributed by atoms with Gasteiger partial charge in [0.1, 0.15) is 0 Å². The summed E-state index contributed by atoms with van der Waals surface area (Å²) in [5, 5.41) is 0. The molecule has 0 aliphatic carbocycles. The average molecular weight is 187 g/mol. The normalized spacial score (nSPS) is 15.1. The molecule has 14 heavy (non-hydrogen) atoms. The molecule has 0 spiro atoms. The maximum absolute atomic E-state index is 7.97. The van der Waals surface area contributed by atoms with E-state index in [0.29, 0.717) is 5.56 Å². The van der Waals surface area contributed by atoms with Crippen LogP contribution in [0.1, 0.15) is 18.0 Å². The molecule has 0 aromatic heterocycles. The number of benzene rings is 2. The number of rotatable bonds is 1. The second-order valence-corrected chi connectivity index (χ2v) is 3.32. The Morgan fingerprint density at radius 1 is 1.00 bits per heavy atom. The highest BCUT2D eigenvalue weighted by Crippen LogP contribution is 2.23. The number of hydrogen-bond donors (Lipinski definition) is 0. The monoisotopic (exact) mass is 187 g/mol. The topological polar surface area (TPSA) is 0 Å². The summed E-state index contributed by atoms with van der Waals surface area (Å²) in [5.41, 5.74) is 2.85. The summed E-state index contributed by atoms with van der Waals surface area (Å²) < 4.78 is 38.9. The summed E-state index contributed by atoms with van der Waals surface area (Å²) in [6, 6.07) is 4.43. The van der Waals surface area contributed by atoms with Crippen LogP contribution < -0.4 is 0 Å². The van der Waals surface area contributed by atoms with Crippen molar-refractivity contribution in [2.45, 2.75) is 13.8 Å². The first-order valence-corrected chi connectivity index (χ1v) is 4.49. The van der Waals surface area contributed by atoms with Gasteiger partial charge in [-0.25, -0.2) is 0 Å². The van der Waals surface area contributed by atoms with E-state index in [1.54, 1.807) is 0 Å². The Hall–Kier alpha value is -1.56. The van der Waals surface area contributed by atoms with Crippen molar-refractivity contribution in [2.75, 3.05) is 0 Å². The maximum Gasteiger partial charge on any atom is 0.0629 e. The summed E-state index contributed by atoms with van der Waals surface area (Å²) in [4.78, 5) is 0. The van der Waals surface area contributed by atoms with Crippen LogP contribution in [0, 0.1) is 13.8 Å². The molecule has 70 valence electrons. The lowest BCUT2D eigenvalue weighted by molar-refractivity contribution is 1.39. The van der Waals surface area contributed by atoms with Crippen LogP contribution in [0.2, 0.25) is 0 Å². The largest absolute Gasteiger partial charge is 0.0629 e. The molecule has 0 nitrogen and oxygen atoms in total. The van der Waals surface area contributed by atoms with Gasteiger partial charge in [-0.1, -0.05) is 54.0 Å². The van der Waals surface area contributed by atoms with Crippen molar-refractivity contribution in [1.29, 1.82) is 0 Å². The lowest BCUT2D eigenvalue weighted by Crippen LogP contribution is -1.83. The van der Waals surface area contributed by atoms with Gasteiger partial charge < -0.3 is 0 Å². The van der Waals surface area contributed by atoms with Crippen LogP contribution in [0.15, 0.2) is 48.4 Å². The molecule has 0 N–H and O–H groups in total. The van der Waals surface area contributed by atoms with Crippen molar-refractivity contribution in [2.24, 2.45) is 0 Å². The molecule has 2 aromatic carbocycles. The van der Waals surface area contributed by atoms with Gasteiger partial charge in [0.2, 0.25) is 0 Å². The minimum Gasteiger partial charge on any atom is -0.0622 e. The van der Waals surface area contributed by atoms with E-state index in [1.165, 1.54) is 0 Å². The molecule has 0 unspecified atom stereocenters. The second-order valence-electron chi connectivity index (χ2n) is 3.32. The molecule has 0 heterocycles. The van der Waals surface area contributed by atoms with Gasteiger partial charge in [0, 0.05) is 0 Å². The van der Waals surface area contributed by atoms with Crippen LogP contribution >= 0.6 is 0 Å². The molecule has 0 atom stereocenters. The predicted molar refractivity (Wildman–Crippen MR) is 61.4 cm³/mol. The summed E-state index contributed by atoms with van der Waals surface area (Å²) in [5.74, 6) is 0. The van der Waals surface area contributed by atoms with Gasteiger partial charge >= 0.3 is 0 Å². The minimum absolute atomic E-state index is 0.153. The smallest absolute Gasteiger partial charge is 0.0622 e. The Morgan fingerprint density at radius 2 is 1.71 bits per heavy atom. The van der Waals surface area contributed by atoms with Gasteiger partial charge in [0.15, 0.2) is 0 Å². The van der Waals surface area contributed by atoms with Crippen molar-refractivity contribution in [3.05, 3.63) is 59.5 Å². The molecule has 0 radical (unpaired) electrons. The van der Waals surface area contributed by atoms with Gasteiger partial charge in [-0.3, -0.25) is 0 Å². The fourth-order valence-electron chi connectivity index (χ4n) is 1.39. The third-order valence-corrected chi connectivity index (χ3v) is 2.16. The van der Waals surface area contributed by atoms with E-state index in [0.717, 1.165) is 11.1 Å². The van der Waals surface area contributed by atoms with E-state index < -0.39 is 0 Å². The van der Waals surface area contributed by atoms with E-state index in [-0.39, 0.29) is 35.8 Å². The fourth-order valence-corrected chi connectivity index (χ4v) is 1.39. The van der Waals surface area contributed by atoms with E-state index in [9.17, 15) is 0 Å². The minimum atomic E-state index is -0.357. The molecular formula is C14H14. The standard InChI is InChI=1S/C14H14/c1-11-8-9-12(2)14(10-11)13-6-4-3-5-7-13/h3-10H,1-2H3/i3D,4D,5D,6D,7D. The Labute approximate surface area is 92.2 Å². The molecule has 0 amide bonds. The molecule has 0 bridgehead atoms. The lowest BCUT2D eigenvalue weighted by Gasteiger charge is -2.06. The third-order valence-electron chi connectivity index (χ3n) is 2.16. The predicted octanol–water partition coefficient (Wildman–Crippen LogP) is 3.97. The van der Waals surface area contributed by atoms with Gasteiger partial charge in [-0.15, -0.1) is 0 Å². The van der Waals surface area contributed by atoms with Crippen molar-refractivity contribution in [3.8, 4) is 11.1 Å². The summed E-state index contributed by atoms with van der Waals surface area (Å²) >= 11 is 0.